The van der Waals surface area contributed by atoms with Crippen LogP contribution < -0.4 is 24.5 Å². The molecule has 0 amide bonds. The lowest BCUT2D eigenvalue weighted by molar-refractivity contribution is 0.351. The molecule has 3 fully saturated rings. The molecule has 0 radical (unpaired) electrons. The van der Waals surface area contributed by atoms with Crippen molar-refractivity contribution in [3.8, 4) is 0 Å². The molecule has 0 heterocycles. The van der Waals surface area contributed by atoms with E-state index in [9.17, 15) is 0 Å². The monoisotopic (exact) mass is 1450 g/mol. The number of hydrogen-bond acceptors (Lipinski definition) is 5. The van der Waals surface area contributed by atoms with E-state index in [0.29, 0.717) is 35.5 Å². The first-order valence-electron chi connectivity index (χ1n) is 40.4. The molecule has 3 aliphatic rings. The molecule has 18 rings (SSSR count). The number of nitrogens with zero attached hydrogens (tertiary/aromatic N) is 5. The minimum atomic E-state index is 0.489. The highest BCUT2D eigenvalue weighted by Crippen LogP contribution is 2.54. The number of benzene rings is 15. The van der Waals surface area contributed by atoms with Gasteiger partial charge < -0.3 is 24.5 Å². The molecule has 3 aliphatic carbocycles. The third-order valence-electron chi connectivity index (χ3n) is 24.6. The Morgan fingerprint density at radius 2 is 0.286 bits per heavy atom. The highest BCUT2D eigenvalue weighted by Gasteiger charge is 2.35. The number of aryl methyl sites for hydroxylation is 7. The van der Waals surface area contributed by atoms with Gasteiger partial charge in [-0.25, -0.2) is 0 Å². The fraction of sp³-hybridized carbons (Fsp3) is 0.178. The van der Waals surface area contributed by atoms with Crippen LogP contribution in [0.25, 0.3) is 10.8 Å². The third kappa shape index (κ3) is 14.6. The quantitative estimate of drug-likeness (QED) is 0.0711. The van der Waals surface area contributed by atoms with Gasteiger partial charge in [0, 0.05) is 84.7 Å². The summed E-state index contributed by atoms with van der Waals surface area (Å²) in [6, 6.07) is 133. The van der Waals surface area contributed by atoms with Gasteiger partial charge in [0.1, 0.15) is 0 Å². The Labute approximate surface area is 663 Å². The maximum absolute atomic E-state index is 2.51. The van der Waals surface area contributed by atoms with Crippen molar-refractivity contribution in [2.45, 2.75) is 122 Å². The molecule has 0 bridgehead atoms. The van der Waals surface area contributed by atoms with Gasteiger partial charge in [-0.15, -0.1) is 0 Å². The molecule has 0 spiro atoms. The number of fused-ring (bicyclic) bond motifs is 1. The van der Waals surface area contributed by atoms with E-state index < -0.39 is 0 Å². The largest absolute Gasteiger partial charge is 0.311 e. The molecule has 5 heteroatoms. The van der Waals surface area contributed by atoms with E-state index in [4.69, 9.17) is 0 Å². The molecule has 0 N–H and O–H groups in total. The first-order chi connectivity index (χ1) is 54.8. The molecule has 0 atom stereocenters. The fourth-order valence-electron chi connectivity index (χ4n) is 17.6. The molecular weight excluding hydrogens is 1360 g/mol. The number of hydrogen-bond donors (Lipinski definition) is 0. The standard InChI is InChI=1S/C107H97N5/c1-72-12-38-91(39-13-72)108(92-40-14-73(2)15-41-92)97-52-26-79(27-53-97)85-66-88(67-85)82-32-58-101(59-33-82)111(100-50-24-78(7)25-51-100)106-64-65-107(105-11-9-8-10-104(105)106)112(102-60-34-83(35-61-102)89-68-86(69-89)80-28-54-98(55-29-80)109(93-42-16-74(3)17-43-93)94-44-18-75(4)19-45-94)103-62-36-84(37-63-103)90-70-87(71-90)81-30-56-99(57-31-81)110(95-46-20-76(5)21-47-95)96-48-22-77(6)23-49-96/h8-65,85-90H,66-71H2,1-7H3. The van der Waals surface area contributed by atoms with E-state index in [1.807, 2.05) is 0 Å². The lowest BCUT2D eigenvalue weighted by Gasteiger charge is -2.37. The second-order valence-electron chi connectivity index (χ2n) is 32.3. The summed E-state index contributed by atoms with van der Waals surface area (Å²) in [6.45, 7) is 15.1. The van der Waals surface area contributed by atoms with Crippen molar-refractivity contribution in [3.63, 3.8) is 0 Å². The first-order valence-corrected chi connectivity index (χ1v) is 40.4. The van der Waals surface area contributed by atoms with Crippen LogP contribution in [0.15, 0.2) is 352 Å². The van der Waals surface area contributed by atoms with E-state index in [1.54, 1.807) is 0 Å². The molecule has 15 aromatic carbocycles. The van der Waals surface area contributed by atoms with Gasteiger partial charge in [0.25, 0.3) is 0 Å². The van der Waals surface area contributed by atoms with Gasteiger partial charge in [0.15, 0.2) is 0 Å². The molecule has 5 nitrogen and oxygen atoms in total. The van der Waals surface area contributed by atoms with Gasteiger partial charge in [-0.3, -0.25) is 0 Å². The van der Waals surface area contributed by atoms with Crippen LogP contribution in [-0.4, -0.2) is 0 Å². The highest BCUT2D eigenvalue weighted by molar-refractivity contribution is 6.07. The Kier molecular flexibility index (Phi) is 19.6. The van der Waals surface area contributed by atoms with E-state index in [1.165, 1.54) is 100 Å². The van der Waals surface area contributed by atoms with Gasteiger partial charge in [0.2, 0.25) is 0 Å². The minimum absolute atomic E-state index is 0.489. The molecular formula is C107H97N5. The fourth-order valence-corrected chi connectivity index (χ4v) is 17.6. The molecule has 15 aromatic rings. The van der Waals surface area contributed by atoms with Crippen molar-refractivity contribution in [2.75, 3.05) is 24.5 Å². The van der Waals surface area contributed by atoms with E-state index in [-0.39, 0.29) is 0 Å². The van der Waals surface area contributed by atoms with E-state index in [2.05, 4.69) is 425 Å². The predicted octanol–water partition coefficient (Wildman–Crippen LogP) is 30.3. The molecule has 0 aliphatic heterocycles. The maximum Gasteiger partial charge on any atom is 0.0541 e. The Balaban J connectivity index is 0.617. The van der Waals surface area contributed by atoms with E-state index >= 15 is 0 Å². The third-order valence-corrected chi connectivity index (χ3v) is 24.6. The van der Waals surface area contributed by atoms with Gasteiger partial charge in [-0.05, 0) is 326 Å². The van der Waals surface area contributed by atoms with Gasteiger partial charge in [-0.1, -0.05) is 221 Å². The summed E-state index contributed by atoms with van der Waals surface area (Å²) in [5.74, 6) is 3.02. The van der Waals surface area contributed by atoms with Crippen LogP contribution in [0.4, 0.5) is 85.3 Å². The number of rotatable bonds is 21. The van der Waals surface area contributed by atoms with Crippen molar-refractivity contribution in [3.05, 3.63) is 424 Å². The van der Waals surface area contributed by atoms with Crippen molar-refractivity contribution in [1.82, 2.24) is 0 Å². The molecule has 550 valence electrons. The summed E-state index contributed by atoms with van der Waals surface area (Å²) < 4.78 is 0. The Bertz CT molecular complexity index is 5390. The highest BCUT2D eigenvalue weighted by atomic mass is 15.2. The predicted molar refractivity (Wildman–Crippen MR) is 474 cm³/mol. The summed E-state index contributed by atoms with van der Waals surface area (Å²) in [5.41, 5.74) is 34.6. The minimum Gasteiger partial charge on any atom is -0.311 e. The maximum atomic E-state index is 2.51. The molecule has 0 saturated heterocycles. The molecule has 0 aromatic heterocycles. The molecule has 3 saturated carbocycles. The Morgan fingerprint density at radius 3 is 0.438 bits per heavy atom. The average Bonchev–Trinajstić information content (AvgIpc) is 0.748. The summed E-state index contributed by atoms with van der Waals surface area (Å²) in [7, 11) is 0. The zero-order valence-corrected chi connectivity index (χ0v) is 65.4. The van der Waals surface area contributed by atoms with Gasteiger partial charge >= 0.3 is 0 Å². The summed E-state index contributed by atoms with van der Waals surface area (Å²) in [4.78, 5) is 12.1. The summed E-state index contributed by atoms with van der Waals surface area (Å²) in [6.07, 6.45) is 6.79. The first kappa shape index (κ1) is 71.2. The van der Waals surface area contributed by atoms with Crippen LogP contribution in [0.3, 0.4) is 0 Å². The zero-order chi connectivity index (χ0) is 75.9. The van der Waals surface area contributed by atoms with Crippen LogP contribution in [0.1, 0.15) is 146 Å². The van der Waals surface area contributed by atoms with Gasteiger partial charge in [0.05, 0.1) is 11.4 Å². The smallest absolute Gasteiger partial charge is 0.0541 e. The number of anilines is 15. The van der Waals surface area contributed by atoms with Crippen molar-refractivity contribution < 1.29 is 0 Å². The SMILES string of the molecule is Cc1ccc(N(c2ccc(C)cc2)c2ccc(C3CC(c4ccc(N(c5ccc(C)cc5)c5ccc(N(c6ccc(C7CC(c8ccc(N(c9ccc(C)cc9)c9ccc(C)cc9)cc8)C7)cc6)c6ccc(C7CC(c8ccc(N(c9ccc(C)cc9)c9ccc(C)cc9)cc8)C7)cc6)c6ccccc56)cc4)C3)cc2)cc1. The van der Waals surface area contributed by atoms with Crippen LogP contribution in [0.5, 0.6) is 0 Å². The van der Waals surface area contributed by atoms with E-state index in [0.717, 1.165) is 107 Å². The van der Waals surface area contributed by atoms with Crippen LogP contribution in [0.2, 0.25) is 0 Å². The summed E-state index contributed by atoms with van der Waals surface area (Å²) >= 11 is 0. The normalized spacial score (nSPS) is 17.0. The van der Waals surface area contributed by atoms with Crippen molar-refractivity contribution in [2.24, 2.45) is 0 Å². The lowest BCUT2D eigenvalue weighted by Crippen LogP contribution is -2.20. The second-order valence-corrected chi connectivity index (χ2v) is 32.3. The van der Waals surface area contributed by atoms with Crippen LogP contribution in [-0.2, 0) is 0 Å². The topological polar surface area (TPSA) is 16.2 Å². The Morgan fingerprint density at radius 1 is 0.152 bits per heavy atom. The van der Waals surface area contributed by atoms with Crippen LogP contribution in [0, 0.1) is 48.5 Å². The molecule has 112 heavy (non-hydrogen) atoms. The van der Waals surface area contributed by atoms with Crippen molar-refractivity contribution in [1.29, 1.82) is 0 Å². The van der Waals surface area contributed by atoms with Crippen molar-refractivity contribution >= 4 is 96.1 Å². The Hall–Kier alpha value is -12.4. The average molecular weight is 1450 g/mol. The zero-order valence-electron chi connectivity index (χ0n) is 65.4. The second kappa shape index (κ2) is 30.8. The summed E-state index contributed by atoms with van der Waals surface area (Å²) in [5, 5.41) is 2.38. The molecule has 0 unspecified atom stereocenters. The van der Waals surface area contributed by atoms with Gasteiger partial charge in [-0.2, -0.15) is 0 Å². The van der Waals surface area contributed by atoms with Crippen LogP contribution >= 0.6 is 0 Å². The lowest BCUT2D eigenvalue weighted by atomic mass is 9.68.